The first-order valence-electron chi connectivity index (χ1n) is 7.74. The number of H-pyrrole nitrogens is 1. The highest BCUT2D eigenvalue weighted by molar-refractivity contribution is 5.80. The third-order valence-corrected chi connectivity index (χ3v) is 5.28. The lowest BCUT2D eigenvalue weighted by Gasteiger charge is -2.39. The first kappa shape index (κ1) is 12.1. The zero-order valence-electron chi connectivity index (χ0n) is 11.9. The minimum Gasteiger partial charge on any atom is -0.399 e. The third-order valence-electron chi connectivity index (χ3n) is 5.28. The zero-order valence-corrected chi connectivity index (χ0v) is 11.9. The van der Waals surface area contributed by atoms with Crippen molar-refractivity contribution in [2.24, 2.45) is 5.41 Å². The number of nitrogens with zero attached hydrogens (tertiary/aromatic N) is 2. The van der Waals surface area contributed by atoms with E-state index in [0.29, 0.717) is 5.41 Å². The van der Waals surface area contributed by atoms with Crippen LogP contribution in [0.3, 0.4) is 0 Å². The van der Waals surface area contributed by atoms with Crippen LogP contribution in [0.1, 0.15) is 38.5 Å². The molecule has 1 saturated carbocycles. The number of nitrogens with two attached hydrogens (primary N) is 1. The van der Waals surface area contributed by atoms with Gasteiger partial charge in [-0.15, -0.1) is 0 Å². The Kier molecular flexibility index (Phi) is 2.65. The van der Waals surface area contributed by atoms with Crippen molar-refractivity contribution in [1.82, 2.24) is 9.97 Å². The van der Waals surface area contributed by atoms with Gasteiger partial charge in [0.2, 0.25) is 5.95 Å². The van der Waals surface area contributed by atoms with Crippen LogP contribution < -0.4 is 10.6 Å². The van der Waals surface area contributed by atoms with Crippen molar-refractivity contribution in [3.8, 4) is 0 Å². The summed E-state index contributed by atoms with van der Waals surface area (Å²) < 4.78 is 0. The Balaban J connectivity index is 1.55. The summed E-state index contributed by atoms with van der Waals surface area (Å²) in [6, 6.07) is 5.87. The molecule has 1 aliphatic heterocycles. The number of aromatic nitrogens is 2. The summed E-state index contributed by atoms with van der Waals surface area (Å²) in [6.45, 7) is 2.27. The maximum atomic E-state index is 5.83. The molecule has 20 heavy (non-hydrogen) atoms. The summed E-state index contributed by atoms with van der Waals surface area (Å²) in [7, 11) is 0. The molecule has 1 spiro atoms. The Morgan fingerprint density at radius 3 is 2.60 bits per heavy atom. The molecule has 2 heterocycles. The van der Waals surface area contributed by atoms with Crippen molar-refractivity contribution < 1.29 is 0 Å². The summed E-state index contributed by atoms with van der Waals surface area (Å²) in [5.74, 6) is 1.01. The van der Waals surface area contributed by atoms with Crippen molar-refractivity contribution in [3.05, 3.63) is 18.2 Å². The van der Waals surface area contributed by atoms with E-state index in [9.17, 15) is 0 Å². The number of hydrogen-bond donors (Lipinski definition) is 2. The molecule has 106 valence electrons. The second kappa shape index (κ2) is 4.40. The third kappa shape index (κ3) is 1.94. The average molecular weight is 270 g/mol. The summed E-state index contributed by atoms with van der Waals surface area (Å²) in [4.78, 5) is 10.5. The largest absolute Gasteiger partial charge is 0.399 e. The van der Waals surface area contributed by atoms with E-state index in [2.05, 4.69) is 9.88 Å². The topological polar surface area (TPSA) is 57.9 Å². The van der Waals surface area contributed by atoms with E-state index in [-0.39, 0.29) is 0 Å². The van der Waals surface area contributed by atoms with Crippen LogP contribution in [0.2, 0.25) is 0 Å². The Morgan fingerprint density at radius 1 is 1.10 bits per heavy atom. The zero-order chi connectivity index (χ0) is 13.6. The SMILES string of the molecule is Nc1ccc2nc(N3CCC4(CCCC4)CC3)[nH]c2c1. The fraction of sp³-hybridized carbons (Fsp3) is 0.562. The lowest BCUT2D eigenvalue weighted by molar-refractivity contribution is 0.225. The van der Waals surface area contributed by atoms with Crippen molar-refractivity contribution >= 4 is 22.7 Å². The standard InChI is InChI=1S/C16H22N4/c17-12-3-4-13-14(11-12)19-15(18-13)20-9-7-16(8-10-20)5-1-2-6-16/h3-4,11H,1-2,5-10,17H2,(H,18,19). The van der Waals surface area contributed by atoms with Crippen LogP contribution in [0, 0.1) is 5.41 Å². The molecule has 3 N–H and O–H groups in total. The van der Waals surface area contributed by atoms with Gasteiger partial charge in [0.25, 0.3) is 0 Å². The Bertz CT molecular complexity index is 614. The summed E-state index contributed by atoms with van der Waals surface area (Å²) in [5.41, 5.74) is 9.33. The van der Waals surface area contributed by atoms with Gasteiger partial charge in [-0.1, -0.05) is 12.8 Å². The number of hydrogen-bond acceptors (Lipinski definition) is 3. The van der Waals surface area contributed by atoms with Crippen LogP contribution in [0.5, 0.6) is 0 Å². The molecule has 1 aromatic heterocycles. The van der Waals surface area contributed by atoms with Crippen LogP contribution in [0.25, 0.3) is 11.0 Å². The monoisotopic (exact) mass is 270 g/mol. The molecule has 1 aromatic carbocycles. The van der Waals surface area contributed by atoms with E-state index in [1.165, 1.54) is 38.5 Å². The molecular weight excluding hydrogens is 248 g/mol. The second-order valence-electron chi connectivity index (χ2n) is 6.53. The average Bonchev–Trinajstić information content (AvgIpc) is 3.06. The molecule has 2 aliphatic rings. The lowest BCUT2D eigenvalue weighted by Crippen LogP contribution is -2.39. The van der Waals surface area contributed by atoms with Gasteiger partial charge in [-0.25, -0.2) is 4.98 Å². The number of benzene rings is 1. The normalized spacial score (nSPS) is 21.9. The molecule has 2 fully saturated rings. The Labute approximate surface area is 119 Å². The van der Waals surface area contributed by atoms with Crippen molar-refractivity contribution in [2.75, 3.05) is 23.7 Å². The van der Waals surface area contributed by atoms with Gasteiger partial charge in [0.05, 0.1) is 11.0 Å². The summed E-state index contributed by atoms with van der Waals surface area (Å²) in [5, 5.41) is 0. The summed E-state index contributed by atoms with van der Waals surface area (Å²) >= 11 is 0. The number of nitrogens with one attached hydrogen (secondary N) is 1. The van der Waals surface area contributed by atoms with Crippen LogP contribution in [0.15, 0.2) is 18.2 Å². The van der Waals surface area contributed by atoms with E-state index < -0.39 is 0 Å². The predicted molar refractivity (Wildman–Crippen MR) is 82.9 cm³/mol. The molecule has 0 bridgehead atoms. The molecule has 4 nitrogen and oxygen atoms in total. The minimum atomic E-state index is 0.660. The molecule has 1 saturated heterocycles. The first-order valence-corrected chi connectivity index (χ1v) is 7.74. The maximum Gasteiger partial charge on any atom is 0.203 e. The van der Waals surface area contributed by atoms with E-state index in [4.69, 9.17) is 10.7 Å². The van der Waals surface area contributed by atoms with E-state index in [0.717, 1.165) is 35.8 Å². The predicted octanol–water partition coefficient (Wildman–Crippen LogP) is 3.31. The van der Waals surface area contributed by atoms with Crippen LogP contribution in [-0.4, -0.2) is 23.1 Å². The molecule has 4 heteroatoms. The fourth-order valence-corrected chi connectivity index (χ4v) is 3.98. The fourth-order valence-electron chi connectivity index (χ4n) is 3.98. The molecule has 4 rings (SSSR count). The van der Waals surface area contributed by atoms with Gasteiger partial charge in [0.1, 0.15) is 0 Å². The van der Waals surface area contributed by atoms with Gasteiger partial charge in [0.15, 0.2) is 0 Å². The molecule has 1 aliphatic carbocycles. The highest BCUT2D eigenvalue weighted by Crippen LogP contribution is 2.46. The van der Waals surface area contributed by atoms with E-state index in [1.807, 2.05) is 18.2 Å². The highest BCUT2D eigenvalue weighted by Gasteiger charge is 2.37. The lowest BCUT2D eigenvalue weighted by atomic mass is 9.77. The molecule has 2 aromatic rings. The summed E-state index contributed by atoms with van der Waals surface area (Å²) in [6.07, 6.45) is 8.40. The van der Waals surface area contributed by atoms with E-state index >= 15 is 0 Å². The molecule has 0 atom stereocenters. The van der Waals surface area contributed by atoms with Crippen LogP contribution in [-0.2, 0) is 0 Å². The number of fused-ring (bicyclic) bond motifs is 1. The van der Waals surface area contributed by atoms with Gasteiger partial charge >= 0.3 is 0 Å². The van der Waals surface area contributed by atoms with Gasteiger partial charge in [-0.05, 0) is 49.3 Å². The van der Waals surface area contributed by atoms with Gasteiger partial charge < -0.3 is 15.6 Å². The minimum absolute atomic E-state index is 0.660. The van der Waals surface area contributed by atoms with Crippen molar-refractivity contribution in [2.45, 2.75) is 38.5 Å². The quantitative estimate of drug-likeness (QED) is 0.782. The van der Waals surface area contributed by atoms with Crippen LogP contribution in [0.4, 0.5) is 11.6 Å². The van der Waals surface area contributed by atoms with Gasteiger partial charge in [-0.2, -0.15) is 0 Å². The number of aromatic amines is 1. The smallest absolute Gasteiger partial charge is 0.203 e. The maximum absolute atomic E-state index is 5.83. The second-order valence-corrected chi connectivity index (χ2v) is 6.53. The number of imidazole rings is 1. The van der Waals surface area contributed by atoms with Crippen LogP contribution >= 0.6 is 0 Å². The Morgan fingerprint density at radius 2 is 1.85 bits per heavy atom. The highest BCUT2D eigenvalue weighted by atomic mass is 15.3. The van der Waals surface area contributed by atoms with Crippen molar-refractivity contribution in [3.63, 3.8) is 0 Å². The molecule has 0 radical (unpaired) electrons. The Hall–Kier alpha value is -1.71. The number of piperidine rings is 1. The van der Waals surface area contributed by atoms with Crippen molar-refractivity contribution in [1.29, 1.82) is 0 Å². The van der Waals surface area contributed by atoms with Gasteiger partial charge in [-0.3, -0.25) is 0 Å². The molecular formula is C16H22N4. The van der Waals surface area contributed by atoms with E-state index in [1.54, 1.807) is 0 Å². The number of anilines is 2. The molecule has 0 unspecified atom stereocenters. The first-order chi connectivity index (χ1) is 9.74. The van der Waals surface area contributed by atoms with Gasteiger partial charge in [0, 0.05) is 18.8 Å². The number of rotatable bonds is 1. The number of nitrogen functional groups attached to an aromatic ring is 1. The molecule has 0 amide bonds.